The third-order valence-corrected chi connectivity index (χ3v) is 5.35. The van der Waals surface area contributed by atoms with Gasteiger partial charge in [0.15, 0.2) is 5.11 Å². The molecule has 0 unspecified atom stereocenters. The van der Waals surface area contributed by atoms with Crippen LogP contribution in [0.3, 0.4) is 0 Å². The average Bonchev–Trinajstić information content (AvgIpc) is 2.55. The van der Waals surface area contributed by atoms with Crippen molar-refractivity contribution in [3.05, 3.63) is 27.8 Å². The second-order valence-corrected chi connectivity index (χ2v) is 9.72. The summed E-state index contributed by atoms with van der Waals surface area (Å²) < 4.78 is -0.746. The molecule has 0 aliphatic carbocycles. The van der Waals surface area contributed by atoms with Gasteiger partial charge in [0.25, 0.3) is 0 Å². The highest BCUT2D eigenvalue weighted by molar-refractivity contribution is 14.1. The van der Waals surface area contributed by atoms with Crippen molar-refractivity contribution in [3.63, 3.8) is 0 Å². The molecule has 146 valence electrons. The number of unbranched alkanes of at least 4 members (excludes halogenated alkanes) is 4. The maximum atomic E-state index is 12.1. The zero-order chi connectivity index (χ0) is 19.6. The molecule has 0 saturated heterocycles. The number of para-hydroxylation sites is 1. The van der Waals surface area contributed by atoms with Gasteiger partial charge in [-0.2, -0.15) is 0 Å². The Bertz CT molecular complexity index is 599. The number of nitrogens with one attached hydrogen (secondary N) is 3. The molecule has 0 aliphatic heterocycles. The summed E-state index contributed by atoms with van der Waals surface area (Å²) in [6.45, 7) is 2.15. The molecular formula is C17H23Cl3IN3OS. The van der Waals surface area contributed by atoms with Gasteiger partial charge in [-0.05, 0) is 53.4 Å². The van der Waals surface area contributed by atoms with Gasteiger partial charge in [-0.1, -0.05) is 79.5 Å². The van der Waals surface area contributed by atoms with Gasteiger partial charge in [0.1, 0.15) is 6.17 Å². The smallest absolute Gasteiger partial charge is 0.228 e. The molecule has 0 spiro atoms. The van der Waals surface area contributed by atoms with Gasteiger partial charge in [-0.3, -0.25) is 4.79 Å². The summed E-state index contributed by atoms with van der Waals surface area (Å²) in [6.07, 6.45) is 4.74. The van der Waals surface area contributed by atoms with E-state index >= 15 is 0 Å². The number of amides is 1. The molecule has 3 N–H and O–H groups in total. The van der Waals surface area contributed by atoms with E-state index in [1.165, 1.54) is 6.42 Å². The van der Waals surface area contributed by atoms with E-state index in [1.807, 2.05) is 24.3 Å². The van der Waals surface area contributed by atoms with E-state index in [-0.39, 0.29) is 11.0 Å². The van der Waals surface area contributed by atoms with Gasteiger partial charge in [-0.25, -0.2) is 0 Å². The maximum absolute atomic E-state index is 12.1. The number of anilines is 1. The van der Waals surface area contributed by atoms with Crippen molar-refractivity contribution in [2.24, 2.45) is 0 Å². The molecule has 1 rings (SSSR count). The summed E-state index contributed by atoms with van der Waals surface area (Å²) in [5.41, 5.74) is 0.830. The quantitative estimate of drug-likeness (QED) is 0.121. The van der Waals surface area contributed by atoms with Crippen molar-refractivity contribution >= 4 is 86.3 Å². The molecule has 0 heterocycles. The standard InChI is InChI=1S/C17H23Cl3IN3OS/c1-2-3-4-5-6-11-14(25)23-15(17(18,19)20)24-16(26)22-13-10-8-7-9-12(13)21/h7-10,15H,2-6,11H2,1H3,(H,23,25)(H2,22,24,26)/t15-/m0/s1. The van der Waals surface area contributed by atoms with E-state index in [1.54, 1.807) is 0 Å². The Morgan fingerprint density at radius 2 is 1.81 bits per heavy atom. The van der Waals surface area contributed by atoms with Crippen LogP contribution in [0.1, 0.15) is 45.4 Å². The lowest BCUT2D eigenvalue weighted by atomic mass is 10.1. The minimum absolute atomic E-state index is 0.178. The fraction of sp³-hybridized carbons (Fsp3) is 0.529. The van der Waals surface area contributed by atoms with E-state index in [0.29, 0.717) is 6.42 Å². The van der Waals surface area contributed by atoms with Crippen molar-refractivity contribution < 1.29 is 4.79 Å². The molecule has 26 heavy (non-hydrogen) atoms. The molecule has 9 heteroatoms. The molecule has 1 atom stereocenters. The van der Waals surface area contributed by atoms with Gasteiger partial charge >= 0.3 is 0 Å². The Labute approximate surface area is 189 Å². The molecule has 1 aromatic rings. The first kappa shape index (κ1) is 24.0. The molecule has 0 bridgehead atoms. The Hall–Kier alpha value is -0.0200. The van der Waals surface area contributed by atoms with Crippen LogP contribution >= 0.6 is 69.6 Å². The number of carbonyl (C=O) groups excluding carboxylic acids is 1. The number of thiocarbonyl (C=S) groups is 1. The second-order valence-electron chi connectivity index (χ2n) is 5.78. The van der Waals surface area contributed by atoms with Crippen molar-refractivity contribution in [1.29, 1.82) is 0 Å². The number of benzene rings is 1. The Morgan fingerprint density at radius 3 is 2.42 bits per heavy atom. The normalized spacial score (nSPS) is 12.3. The van der Waals surface area contributed by atoms with Gasteiger partial charge in [0.2, 0.25) is 9.70 Å². The molecular weight excluding hydrogens is 528 g/mol. The lowest BCUT2D eigenvalue weighted by Crippen LogP contribution is -2.56. The molecule has 0 saturated carbocycles. The fourth-order valence-corrected chi connectivity index (χ4v) is 3.25. The summed E-state index contributed by atoms with van der Waals surface area (Å²) in [4.78, 5) is 12.1. The van der Waals surface area contributed by atoms with E-state index in [0.717, 1.165) is 34.9 Å². The monoisotopic (exact) mass is 549 g/mol. The Balaban J connectivity index is 2.54. The zero-order valence-electron chi connectivity index (χ0n) is 14.5. The Kier molecular flexibility index (Phi) is 11.5. The average molecular weight is 551 g/mol. The van der Waals surface area contributed by atoms with Crippen molar-refractivity contribution in [2.75, 3.05) is 5.32 Å². The highest BCUT2D eigenvalue weighted by Crippen LogP contribution is 2.29. The Morgan fingerprint density at radius 1 is 1.15 bits per heavy atom. The summed E-state index contributed by atoms with van der Waals surface area (Å²) in [7, 11) is 0. The summed E-state index contributed by atoms with van der Waals surface area (Å²) in [6, 6.07) is 7.64. The predicted octanol–water partition coefficient (Wildman–Crippen LogP) is 5.75. The fourth-order valence-electron chi connectivity index (χ4n) is 2.17. The first-order chi connectivity index (χ1) is 12.2. The van der Waals surface area contributed by atoms with Crippen LogP contribution in [0.25, 0.3) is 0 Å². The number of halogens is 4. The number of alkyl halides is 3. The minimum atomic E-state index is -1.74. The van der Waals surface area contributed by atoms with Crippen LogP contribution in [0.4, 0.5) is 5.69 Å². The van der Waals surface area contributed by atoms with Crippen LogP contribution in [0.15, 0.2) is 24.3 Å². The molecule has 0 radical (unpaired) electrons. The van der Waals surface area contributed by atoms with Gasteiger partial charge < -0.3 is 16.0 Å². The molecule has 0 aliphatic rings. The van der Waals surface area contributed by atoms with Crippen LogP contribution in [0.2, 0.25) is 0 Å². The lowest BCUT2D eigenvalue weighted by molar-refractivity contribution is -0.122. The van der Waals surface area contributed by atoms with E-state index in [2.05, 4.69) is 45.5 Å². The summed E-state index contributed by atoms with van der Waals surface area (Å²) in [5, 5.41) is 8.86. The molecule has 4 nitrogen and oxygen atoms in total. The van der Waals surface area contributed by atoms with Crippen molar-refractivity contribution in [1.82, 2.24) is 10.6 Å². The third-order valence-electron chi connectivity index (χ3n) is 3.54. The second kappa shape index (κ2) is 12.4. The summed E-state index contributed by atoms with van der Waals surface area (Å²) in [5.74, 6) is -0.178. The van der Waals surface area contributed by atoms with Crippen LogP contribution in [-0.2, 0) is 4.79 Å². The van der Waals surface area contributed by atoms with Crippen LogP contribution in [-0.4, -0.2) is 21.0 Å². The predicted molar refractivity (Wildman–Crippen MR) is 124 cm³/mol. The molecule has 0 aromatic heterocycles. The highest BCUT2D eigenvalue weighted by Gasteiger charge is 2.34. The number of carbonyl (C=O) groups is 1. The van der Waals surface area contributed by atoms with Crippen LogP contribution in [0, 0.1) is 3.57 Å². The van der Waals surface area contributed by atoms with Gasteiger partial charge in [-0.15, -0.1) is 0 Å². The third kappa shape index (κ3) is 9.78. The van der Waals surface area contributed by atoms with Gasteiger partial charge in [0.05, 0.1) is 5.69 Å². The number of rotatable bonds is 9. The highest BCUT2D eigenvalue weighted by atomic mass is 127. The van der Waals surface area contributed by atoms with Crippen molar-refractivity contribution in [3.8, 4) is 0 Å². The SMILES string of the molecule is CCCCCCCC(=O)N[C@@H](NC(=S)Nc1ccccc1I)C(Cl)(Cl)Cl. The molecule has 0 fully saturated rings. The maximum Gasteiger partial charge on any atom is 0.228 e. The van der Waals surface area contributed by atoms with Gasteiger partial charge in [0, 0.05) is 9.99 Å². The number of hydrogen-bond acceptors (Lipinski definition) is 2. The lowest BCUT2D eigenvalue weighted by Gasteiger charge is -2.28. The van der Waals surface area contributed by atoms with Crippen LogP contribution in [0.5, 0.6) is 0 Å². The summed E-state index contributed by atoms with van der Waals surface area (Å²) >= 11 is 25.4. The zero-order valence-corrected chi connectivity index (χ0v) is 19.7. The number of hydrogen-bond donors (Lipinski definition) is 3. The van der Waals surface area contributed by atoms with Crippen LogP contribution < -0.4 is 16.0 Å². The molecule has 1 amide bonds. The van der Waals surface area contributed by atoms with E-state index < -0.39 is 9.96 Å². The molecule has 1 aromatic carbocycles. The van der Waals surface area contributed by atoms with E-state index in [9.17, 15) is 4.79 Å². The van der Waals surface area contributed by atoms with Crippen molar-refractivity contribution in [2.45, 2.75) is 55.4 Å². The van der Waals surface area contributed by atoms with E-state index in [4.69, 9.17) is 47.0 Å². The largest absolute Gasteiger partial charge is 0.339 e. The minimum Gasteiger partial charge on any atom is -0.339 e. The first-order valence-electron chi connectivity index (χ1n) is 8.42. The first-order valence-corrected chi connectivity index (χ1v) is 11.0. The topological polar surface area (TPSA) is 53.2 Å².